The molecule has 0 aromatic heterocycles. The maximum atomic E-state index is 11.4. The van der Waals surface area contributed by atoms with Gasteiger partial charge in [0.05, 0.1) is 6.42 Å². The number of ether oxygens (including phenoxy) is 1. The molecule has 1 rings (SSSR count). The number of hydrogen-bond acceptors (Lipinski definition) is 3. The molecule has 80 valence electrons. The van der Waals surface area contributed by atoms with Crippen molar-refractivity contribution in [2.24, 2.45) is 0 Å². The van der Waals surface area contributed by atoms with Gasteiger partial charge in [0.2, 0.25) is 0 Å². The van der Waals surface area contributed by atoms with Gasteiger partial charge in [-0.1, -0.05) is 40.8 Å². The highest BCUT2D eigenvalue weighted by atomic mass is 127. The Morgan fingerprint density at radius 3 is 2.47 bits per heavy atom. The van der Waals surface area contributed by atoms with Crippen LogP contribution in [0, 0.1) is 0 Å². The van der Waals surface area contributed by atoms with Crippen molar-refractivity contribution < 1.29 is 19.4 Å². The van der Waals surface area contributed by atoms with E-state index in [2.05, 4.69) is 0 Å². The summed E-state index contributed by atoms with van der Waals surface area (Å²) in [5, 5.41) is 8.49. The summed E-state index contributed by atoms with van der Waals surface area (Å²) in [7, 11) is 0. The molecule has 1 atom stereocenters. The molecular formula is C10H9IO4. The Kier molecular flexibility index (Phi) is 4.54. The van der Waals surface area contributed by atoms with E-state index >= 15 is 0 Å². The highest BCUT2D eigenvalue weighted by Gasteiger charge is 2.20. The van der Waals surface area contributed by atoms with Crippen LogP contribution in [0.15, 0.2) is 30.3 Å². The molecule has 1 aromatic rings. The maximum absolute atomic E-state index is 11.4. The van der Waals surface area contributed by atoms with Gasteiger partial charge in [-0.15, -0.1) is 0 Å². The van der Waals surface area contributed by atoms with Gasteiger partial charge in [-0.2, -0.15) is 0 Å². The van der Waals surface area contributed by atoms with Crippen LogP contribution in [0.3, 0.4) is 0 Å². The lowest BCUT2D eigenvalue weighted by Gasteiger charge is -2.07. The zero-order valence-corrected chi connectivity index (χ0v) is 9.88. The van der Waals surface area contributed by atoms with E-state index < -0.39 is 15.9 Å². The average molecular weight is 320 g/mol. The smallest absolute Gasteiger partial charge is 0.324 e. The number of carboxylic acids is 1. The standard InChI is InChI=1S/C10H9IO4/c11-8(6-9(12)13)10(14)15-7-4-2-1-3-5-7/h1-5,8H,6H2,(H,12,13). The van der Waals surface area contributed by atoms with Crippen LogP contribution in [-0.4, -0.2) is 21.0 Å². The molecule has 1 aromatic carbocycles. The number of hydrogen-bond donors (Lipinski definition) is 1. The lowest BCUT2D eigenvalue weighted by molar-refractivity contribution is -0.141. The summed E-state index contributed by atoms with van der Waals surface area (Å²) in [4.78, 5) is 21.7. The fourth-order valence-electron chi connectivity index (χ4n) is 0.905. The van der Waals surface area contributed by atoms with E-state index in [9.17, 15) is 9.59 Å². The molecule has 0 saturated heterocycles. The van der Waals surface area contributed by atoms with Gasteiger partial charge in [0, 0.05) is 0 Å². The van der Waals surface area contributed by atoms with Crippen LogP contribution in [0.25, 0.3) is 0 Å². The molecule has 0 fully saturated rings. The predicted molar refractivity (Wildman–Crippen MR) is 62.1 cm³/mol. The first-order valence-electron chi connectivity index (χ1n) is 4.22. The summed E-state index contributed by atoms with van der Waals surface area (Å²) >= 11 is 1.75. The van der Waals surface area contributed by atoms with Crippen molar-refractivity contribution in [3.05, 3.63) is 30.3 Å². The molecule has 0 bridgehead atoms. The quantitative estimate of drug-likeness (QED) is 0.398. The lowest BCUT2D eigenvalue weighted by Crippen LogP contribution is -2.22. The van der Waals surface area contributed by atoms with E-state index in [1.54, 1.807) is 52.9 Å². The zero-order chi connectivity index (χ0) is 11.3. The van der Waals surface area contributed by atoms with E-state index in [0.29, 0.717) is 5.75 Å². The normalized spacial score (nSPS) is 11.8. The Labute approximate surface area is 100 Å². The molecule has 0 amide bonds. The van der Waals surface area contributed by atoms with Gasteiger partial charge in [0.1, 0.15) is 9.67 Å². The Bertz CT molecular complexity index is 350. The molecule has 1 N–H and O–H groups in total. The molecule has 0 saturated carbocycles. The maximum Gasteiger partial charge on any atom is 0.324 e. The largest absolute Gasteiger partial charge is 0.481 e. The van der Waals surface area contributed by atoms with Crippen LogP contribution in [0.4, 0.5) is 0 Å². The van der Waals surface area contributed by atoms with E-state index in [1.165, 1.54) is 0 Å². The Morgan fingerprint density at radius 1 is 1.33 bits per heavy atom. The van der Waals surface area contributed by atoms with Crippen LogP contribution in [0.1, 0.15) is 6.42 Å². The molecule has 0 aliphatic heterocycles. The Balaban J connectivity index is 2.52. The fraction of sp³-hybridized carbons (Fsp3) is 0.200. The van der Waals surface area contributed by atoms with Crippen molar-refractivity contribution in [1.29, 1.82) is 0 Å². The minimum atomic E-state index is -1.01. The van der Waals surface area contributed by atoms with E-state index in [-0.39, 0.29) is 6.42 Å². The highest BCUT2D eigenvalue weighted by Crippen LogP contribution is 2.13. The Morgan fingerprint density at radius 2 is 1.93 bits per heavy atom. The number of esters is 1. The number of rotatable bonds is 4. The van der Waals surface area contributed by atoms with Crippen LogP contribution in [-0.2, 0) is 9.59 Å². The summed E-state index contributed by atoms with van der Waals surface area (Å²) in [5.41, 5.74) is 0. The van der Waals surface area contributed by atoms with Crippen LogP contribution >= 0.6 is 22.6 Å². The molecule has 0 radical (unpaired) electrons. The number of carbonyl (C=O) groups is 2. The number of aliphatic carboxylic acids is 1. The van der Waals surface area contributed by atoms with E-state index in [4.69, 9.17) is 9.84 Å². The minimum Gasteiger partial charge on any atom is -0.481 e. The van der Waals surface area contributed by atoms with Crippen molar-refractivity contribution >= 4 is 34.5 Å². The van der Waals surface area contributed by atoms with E-state index in [0.717, 1.165) is 0 Å². The van der Waals surface area contributed by atoms with Crippen LogP contribution in [0.2, 0.25) is 0 Å². The summed E-state index contributed by atoms with van der Waals surface area (Å²) < 4.78 is 4.30. The number of halogens is 1. The van der Waals surface area contributed by atoms with Crippen molar-refractivity contribution in [1.82, 2.24) is 0 Å². The summed E-state index contributed by atoms with van der Waals surface area (Å²) in [6.45, 7) is 0. The number of carboxylic acid groups (broad SMARTS) is 1. The van der Waals surface area contributed by atoms with Gasteiger partial charge >= 0.3 is 11.9 Å². The van der Waals surface area contributed by atoms with Gasteiger partial charge in [-0.05, 0) is 12.1 Å². The Hall–Kier alpha value is -1.11. The number of alkyl halides is 1. The highest BCUT2D eigenvalue weighted by molar-refractivity contribution is 14.1. The number of para-hydroxylation sites is 1. The summed E-state index contributed by atoms with van der Waals surface area (Å²) in [6, 6.07) is 8.56. The minimum absolute atomic E-state index is 0.230. The molecule has 0 spiro atoms. The topological polar surface area (TPSA) is 63.6 Å². The molecule has 0 aliphatic carbocycles. The monoisotopic (exact) mass is 320 g/mol. The second-order valence-corrected chi connectivity index (χ2v) is 4.30. The van der Waals surface area contributed by atoms with Gasteiger partial charge in [-0.3, -0.25) is 9.59 Å². The molecule has 15 heavy (non-hydrogen) atoms. The molecular weight excluding hydrogens is 311 g/mol. The van der Waals surface area contributed by atoms with Gasteiger partial charge in [0.25, 0.3) is 0 Å². The molecule has 0 heterocycles. The SMILES string of the molecule is O=C(O)CC(I)C(=O)Oc1ccccc1. The van der Waals surface area contributed by atoms with Crippen molar-refractivity contribution in [3.63, 3.8) is 0 Å². The van der Waals surface area contributed by atoms with Crippen molar-refractivity contribution in [2.75, 3.05) is 0 Å². The number of benzene rings is 1. The predicted octanol–water partition coefficient (Wildman–Crippen LogP) is 1.87. The van der Waals surface area contributed by atoms with Crippen LogP contribution in [0.5, 0.6) is 5.75 Å². The zero-order valence-electron chi connectivity index (χ0n) is 7.72. The third-order valence-electron chi connectivity index (χ3n) is 1.57. The van der Waals surface area contributed by atoms with Crippen molar-refractivity contribution in [3.8, 4) is 5.75 Å². The van der Waals surface area contributed by atoms with Gasteiger partial charge < -0.3 is 9.84 Å². The average Bonchev–Trinajstić information content (AvgIpc) is 2.18. The number of carbonyl (C=O) groups excluding carboxylic acids is 1. The molecule has 4 nitrogen and oxygen atoms in total. The summed E-state index contributed by atoms with van der Waals surface area (Å²) in [6.07, 6.45) is -0.230. The van der Waals surface area contributed by atoms with Gasteiger partial charge in [0.15, 0.2) is 0 Å². The molecule has 1 unspecified atom stereocenters. The second-order valence-electron chi connectivity index (χ2n) is 2.80. The molecule has 5 heteroatoms. The molecule has 0 aliphatic rings. The fourth-order valence-corrected chi connectivity index (χ4v) is 1.41. The van der Waals surface area contributed by atoms with Gasteiger partial charge in [-0.25, -0.2) is 0 Å². The first-order valence-corrected chi connectivity index (χ1v) is 5.47. The van der Waals surface area contributed by atoms with E-state index in [1.807, 2.05) is 0 Å². The second kappa shape index (κ2) is 5.69. The first-order chi connectivity index (χ1) is 7.09. The first kappa shape index (κ1) is 12.0. The van der Waals surface area contributed by atoms with Crippen molar-refractivity contribution in [2.45, 2.75) is 10.3 Å². The third kappa shape index (κ3) is 4.28. The third-order valence-corrected chi connectivity index (χ3v) is 2.52. The van der Waals surface area contributed by atoms with Crippen LogP contribution < -0.4 is 4.74 Å². The lowest BCUT2D eigenvalue weighted by atomic mass is 10.3. The summed E-state index contributed by atoms with van der Waals surface area (Å²) in [5.74, 6) is -1.13.